The molecule has 72 valence electrons. The van der Waals surface area contributed by atoms with E-state index in [1.54, 1.807) is 0 Å². The van der Waals surface area contributed by atoms with Crippen LogP contribution in [0.5, 0.6) is 0 Å². The Labute approximate surface area is 87.9 Å². The molecular weight excluding hydrogens is 228 g/mol. The lowest BCUT2D eigenvalue weighted by molar-refractivity contribution is 0.165. The van der Waals surface area contributed by atoms with E-state index >= 15 is 0 Å². The van der Waals surface area contributed by atoms with E-state index in [4.69, 9.17) is 0 Å². The number of benzene rings is 1. The van der Waals surface area contributed by atoms with Gasteiger partial charge >= 0.3 is 0 Å². The maximum atomic E-state index is 9.80. The normalized spacial score (nSPS) is 12.9. The Hall–Kier alpha value is -0.340. The highest BCUT2D eigenvalue weighted by Crippen LogP contribution is 2.26. The first kappa shape index (κ1) is 10.7. The molecule has 0 bridgehead atoms. The lowest BCUT2D eigenvalue weighted by atomic mass is 10.0. The zero-order valence-electron chi connectivity index (χ0n) is 8.05. The highest BCUT2D eigenvalue weighted by atomic mass is 79.9. The van der Waals surface area contributed by atoms with E-state index in [1.807, 2.05) is 25.1 Å². The Bertz CT molecular complexity index is 283. The fourth-order valence-electron chi connectivity index (χ4n) is 1.41. The molecule has 2 heteroatoms. The second kappa shape index (κ2) is 4.77. The monoisotopic (exact) mass is 242 g/mol. The zero-order valence-corrected chi connectivity index (χ0v) is 9.63. The molecule has 1 unspecified atom stereocenters. The van der Waals surface area contributed by atoms with Crippen LogP contribution in [0.2, 0.25) is 0 Å². The van der Waals surface area contributed by atoms with Gasteiger partial charge in [0, 0.05) is 4.47 Å². The van der Waals surface area contributed by atoms with Crippen LogP contribution in [0.25, 0.3) is 0 Å². The number of hydrogen-bond donors (Lipinski definition) is 1. The van der Waals surface area contributed by atoms with Crippen LogP contribution in [0.1, 0.15) is 37.0 Å². The summed E-state index contributed by atoms with van der Waals surface area (Å²) >= 11 is 3.45. The first-order valence-corrected chi connectivity index (χ1v) is 5.39. The summed E-state index contributed by atoms with van der Waals surface area (Å²) in [6, 6.07) is 5.95. The van der Waals surface area contributed by atoms with Gasteiger partial charge in [0.15, 0.2) is 0 Å². The van der Waals surface area contributed by atoms with E-state index in [0.717, 1.165) is 28.4 Å². The Morgan fingerprint density at radius 3 is 2.77 bits per heavy atom. The summed E-state index contributed by atoms with van der Waals surface area (Å²) in [6.07, 6.45) is 1.52. The summed E-state index contributed by atoms with van der Waals surface area (Å²) in [5.74, 6) is 0. The van der Waals surface area contributed by atoms with Crippen molar-refractivity contribution in [1.82, 2.24) is 0 Å². The van der Waals surface area contributed by atoms with Crippen LogP contribution in [-0.2, 0) is 0 Å². The third-order valence-electron chi connectivity index (χ3n) is 2.23. The van der Waals surface area contributed by atoms with Gasteiger partial charge < -0.3 is 5.11 Å². The molecule has 1 aromatic rings. The molecule has 0 aliphatic rings. The van der Waals surface area contributed by atoms with Gasteiger partial charge in [-0.1, -0.05) is 41.4 Å². The minimum absolute atomic E-state index is 0.317. The topological polar surface area (TPSA) is 20.2 Å². The molecule has 1 aromatic carbocycles. The molecule has 0 heterocycles. The molecule has 1 N–H and O–H groups in total. The van der Waals surface area contributed by atoms with Gasteiger partial charge in [0.25, 0.3) is 0 Å². The standard InChI is InChI=1S/C11H15BrO/c1-3-5-11(13)9-6-4-7-10(12)8(9)2/h4,6-7,11,13H,3,5H2,1-2H3. The molecule has 0 aromatic heterocycles. The number of rotatable bonds is 3. The van der Waals surface area contributed by atoms with Crippen molar-refractivity contribution >= 4 is 15.9 Å². The number of aliphatic hydroxyl groups excluding tert-OH is 1. The largest absolute Gasteiger partial charge is 0.388 e. The Morgan fingerprint density at radius 2 is 2.15 bits per heavy atom. The molecular formula is C11H15BrO. The summed E-state index contributed by atoms with van der Waals surface area (Å²) in [6.45, 7) is 4.11. The Kier molecular flexibility index (Phi) is 3.94. The highest BCUT2D eigenvalue weighted by molar-refractivity contribution is 9.10. The van der Waals surface area contributed by atoms with Crippen LogP contribution >= 0.6 is 15.9 Å². The quantitative estimate of drug-likeness (QED) is 0.860. The van der Waals surface area contributed by atoms with Crippen molar-refractivity contribution in [2.24, 2.45) is 0 Å². The minimum Gasteiger partial charge on any atom is -0.388 e. The molecule has 0 radical (unpaired) electrons. The van der Waals surface area contributed by atoms with Crippen molar-refractivity contribution in [1.29, 1.82) is 0 Å². The van der Waals surface area contributed by atoms with Gasteiger partial charge in [-0.25, -0.2) is 0 Å². The fourth-order valence-corrected chi connectivity index (χ4v) is 1.80. The van der Waals surface area contributed by atoms with Crippen molar-refractivity contribution in [3.8, 4) is 0 Å². The predicted octanol–water partition coefficient (Wildman–Crippen LogP) is 3.59. The van der Waals surface area contributed by atoms with Gasteiger partial charge in [-0.05, 0) is 30.5 Å². The van der Waals surface area contributed by atoms with Gasteiger partial charge in [-0.15, -0.1) is 0 Å². The summed E-state index contributed by atoms with van der Waals surface area (Å²) in [5.41, 5.74) is 2.18. The first-order chi connectivity index (χ1) is 6.16. The summed E-state index contributed by atoms with van der Waals surface area (Å²) in [4.78, 5) is 0. The molecule has 13 heavy (non-hydrogen) atoms. The van der Waals surface area contributed by atoms with Crippen LogP contribution in [0.3, 0.4) is 0 Å². The predicted molar refractivity (Wildman–Crippen MR) is 58.7 cm³/mol. The average molecular weight is 243 g/mol. The number of hydrogen-bond acceptors (Lipinski definition) is 1. The Morgan fingerprint density at radius 1 is 1.46 bits per heavy atom. The maximum absolute atomic E-state index is 9.80. The van der Waals surface area contributed by atoms with Crippen LogP contribution in [0.4, 0.5) is 0 Å². The molecule has 1 nitrogen and oxygen atoms in total. The van der Waals surface area contributed by atoms with Crippen molar-refractivity contribution < 1.29 is 5.11 Å². The van der Waals surface area contributed by atoms with Crippen LogP contribution in [0, 0.1) is 6.92 Å². The lowest BCUT2D eigenvalue weighted by Gasteiger charge is -2.13. The van der Waals surface area contributed by atoms with Crippen molar-refractivity contribution in [3.63, 3.8) is 0 Å². The summed E-state index contributed by atoms with van der Waals surface area (Å²) in [7, 11) is 0. The van der Waals surface area contributed by atoms with Gasteiger partial charge in [0.1, 0.15) is 0 Å². The molecule has 0 aliphatic carbocycles. The minimum atomic E-state index is -0.317. The lowest BCUT2D eigenvalue weighted by Crippen LogP contribution is -1.99. The number of aliphatic hydroxyl groups is 1. The molecule has 1 rings (SSSR count). The van der Waals surface area contributed by atoms with Crippen LogP contribution in [-0.4, -0.2) is 5.11 Å². The van der Waals surface area contributed by atoms with E-state index < -0.39 is 0 Å². The fraction of sp³-hybridized carbons (Fsp3) is 0.455. The van der Waals surface area contributed by atoms with E-state index in [-0.39, 0.29) is 6.10 Å². The maximum Gasteiger partial charge on any atom is 0.0792 e. The van der Waals surface area contributed by atoms with Crippen molar-refractivity contribution in [3.05, 3.63) is 33.8 Å². The van der Waals surface area contributed by atoms with Crippen molar-refractivity contribution in [2.75, 3.05) is 0 Å². The van der Waals surface area contributed by atoms with Crippen LogP contribution < -0.4 is 0 Å². The van der Waals surface area contributed by atoms with E-state index in [2.05, 4.69) is 22.9 Å². The first-order valence-electron chi connectivity index (χ1n) is 4.60. The third-order valence-corrected chi connectivity index (χ3v) is 3.09. The summed E-state index contributed by atoms with van der Waals surface area (Å²) < 4.78 is 1.07. The zero-order chi connectivity index (χ0) is 9.84. The molecule has 0 saturated carbocycles. The molecule has 0 aliphatic heterocycles. The van der Waals surface area contributed by atoms with Crippen LogP contribution in [0.15, 0.2) is 22.7 Å². The molecule has 0 spiro atoms. The van der Waals surface area contributed by atoms with Gasteiger partial charge in [-0.2, -0.15) is 0 Å². The van der Waals surface area contributed by atoms with E-state index in [1.165, 1.54) is 0 Å². The second-order valence-electron chi connectivity index (χ2n) is 3.26. The van der Waals surface area contributed by atoms with E-state index in [9.17, 15) is 5.11 Å². The molecule has 0 saturated heterocycles. The SMILES string of the molecule is CCCC(O)c1cccc(Br)c1C. The second-order valence-corrected chi connectivity index (χ2v) is 4.11. The van der Waals surface area contributed by atoms with Gasteiger partial charge in [-0.3, -0.25) is 0 Å². The highest BCUT2D eigenvalue weighted by Gasteiger charge is 2.10. The third kappa shape index (κ3) is 2.55. The van der Waals surface area contributed by atoms with Gasteiger partial charge in [0.05, 0.1) is 6.10 Å². The molecule has 0 fully saturated rings. The molecule has 0 amide bonds. The molecule has 1 atom stereocenters. The summed E-state index contributed by atoms with van der Waals surface area (Å²) in [5, 5.41) is 9.80. The average Bonchev–Trinajstić information content (AvgIpc) is 2.10. The number of halogens is 1. The Balaban J connectivity index is 2.93. The van der Waals surface area contributed by atoms with E-state index in [0.29, 0.717) is 0 Å². The van der Waals surface area contributed by atoms with Crippen molar-refractivity contribution in [2.45, 2.75) is 32.8 Å². The van der Waals surface area contributed by atoms with Gasteiger partial charge in [0.2, 0.25) is 0 Å². The smallest absolute Gasteiger partial charge is 0.0792 e.